The van der Waals surface area contributed by atoms with Crippen LogP contribution >= 0.6 is 11.8 Å². The van der Waals surface area contributed by atoms with E-state index in [2.05, 4.69) is 13.8 Å². The molecule has 0 aromatic rings. The summed E-state index contributed by atoms with van der Waals surface area (Å²) in [6.07, 6.45) is 41.0. The van der Waals surface area contributed by atoms with Gasteiger partial charge >= 0.3 is 11.9 Å². The highest BCUT2D eigenvalue weighted by Gasteiger charge is 2.37. The van der Waals surface area contributed by atoms with E-state index in [0.29, 0.717) is 11.5 Å². The highest BCUT2D eigenvalue weighted by molar-refractivity contribution is 7.99. The molecule has 2 N–H and O–H groups in total. The van der Waals surface area contributed by atoms with Gasteiger partial charge in [0, 0.05) is 11.5 Å². The van der Waals surface area contributed by atoms with E-state index in [0.717, 1.165) is 38.5 Å². The van der Waals surface area contributed by atoms with Gasteiger partial charge in [0.05, 0.1) is 11.8 Å². The van der Waals surface area contributed by atoms with E-state index < -0.39 is 17.4 Å². The zero-order chi connectivity index (χ0) is 33.1. The van der Waals surface area contributed by atoms with Crippen LogP contribution in [0.15, 0.2) is 0 Å². The molecule has 0 aliphatic rings. The van der Waals surface area contributed by atoms with Gasteiger partial charge in [-0.25, -0.2) is 0 Å². The van der Waals surface area contributed by atoms with Crippen molar-refractivity contribution in [1.82, 2.24) is 0 Å². The van der Waals surface area contributed by atoms with Crippen molar-refractivity contribution in [2.24, 2.45) is 5.41 Å². The lowest BCUT2D eigenvalue weighted by Gasteiger charge is -2.29. The molecule has 0 radical (unpaired) electrons. The predicted molar refractivity (Wildman–Crippen MR) is 199 cm³/mol. The monoisotopic (exact) mass is 655 g/mol. The summed E-state index contributed by atoms with van der Waals surface area (Å²) in [5, 5.41) is 19.4. The largest absolute Gasteiger partial charge is 0.481 e. The molecule has 0 amide bonds. The number of carbonyl (C=O) groups is 2. The molecular formula is C40H78O4S. The molecule has 0 unspecified atom stereocenters. The first-order chi connectivity index (χ1) is 22.0. The van der Waals surface area contributed by atoms with E-state index in [4.69, 9.17) is 5.11 Å². The molecule has 4 nitrogen and oxygen atoms in total. The number of unbranched alkanes of at least 4 members (excludes halogenated alkanes) is 28. The number of hydrogen-bond donors (Lipinski definition) is 2. The van der Waals surface area contributed by atoms with Crippen molar-refractivity contribution in [2.45, 2.75) is 226 Å². The molecule has 0 fully saturated rings. The Hall–Kier alpha value is -0.710. The predicted octanol–water partition coefficient (Wildman–Crippen LogP) is 13.8. The Kier molecular flexibility index (Phi) is 34.1. The molecule has 0 heterocycles. The minimum Gasteiger partial charge on any atom is -0.481 e. The van der Waals surface area contributed by atoms with Crippen molar-refractivity contribution in [1.29, 1.82) is 0 Å². The fraction of sp³-hybridized carbons (Fsp3) is 0.950. The van der Waals surface area contributed by atoms with Crippen LogP contribution in [-0.4, -0.2) is 33.7 Å². The summed E-state index contributed by atoms with van der Waals surface area (Å²) in [4.78, 5) is 23.6. The Labute approximate surface area is 285 Å². The van der Waals surface area contributed by atoms with Crippen LogP contribution < -0.4 is 0 Å². The third kappa shape index (κ3) is 30.4. The van der Waals surface area contributed by atoms with Gasteiger partial charge in [0.25, 0.3) is 0 Å². The molecule has 45 heavy (non-hydrogen) atoms. The second kappa shape index (κ2) is 34.6. The first kappa shape index (κ1) is 44.3. The van der Waals surface area contributed by atoms with Crippen molar-refractivity contribution in [3.8, 4) is 0 Å². The second-order valence-corrected chi connectivity index (χ2v) is 15.3. The zero-order valence-electron chi connectivity index (χ0n) is 30.4. The van der Waals surface area contributed by atoms with Gasteiger partial charge in [0.2, 0.25) is 0 Å². The smallest absolute Gasteiger partial charge is 0.310 e. The lowest BCUT2D eigenvalue weighted by molar-refractivity contribution is -0.148. The van der Waals surface area contributed by atoms with Crippen molar-refractivity contribution in [3.63, 3.8) is 0 Å². The number of rotatable bonds is 38. The van der Waals surface area contributed by atoms with E-state index in [9.17, 15) is 14.7 Å². The van der Waals surface area contributed by atoms with Crippen LogP contribution in [0.3, 0.4) is 0 Å². The van der Waals surface area contributed by atoms with Crippen molar-refractivity contribution < 1.29 is 19.8 Å². The van der Waals surface area contributed by atoms with Gasteiger partial charge in [-0.3, -0.25) is 9.59 Å². The average Bonchev–Trinajstić information content (AvgIpc) is 3.02. The average molecular weight is 655 g/mol. The summed E-state index contributed by atoms with van der Waals surface area (Å²) in [6, 6.07) is 0. The Bertz CT molecular complexity index is 604. The minimum absolute atomic E-state index is 0.109. The molecule has 5 heteroatoms. The number of hydrogen-bond acceptors (Lipinski definition) is 3. The fourth-order valence-corrected chi connectivity index (χ4v) is 7.91. The summed E-state index contributed by atoms with van der Waals surface area (Å²) in [6.45, 7) is 4.55. The Morgan fingerprint density at radius 3 is 0.956 bits per heavy atom. The van der Waals surface area contributed by atoms with E-state index in [1.165, 1.54) is 179 Å². The number of aliphatic carboxylic acids is 2. The lowest BCUT2D eigenvalue weighted by Crippen LogP contribution is -2.34. The lowest BCUT2D eigenvalue weighted by atomic mass is 9.79. The van der Waals surface area contributed by atoms with Crippen LogP contribution in [-0.2, 0) is 9.59 Å². The molecular weight excluding hydrogens is 577 g/mol. The van der Waals surface area contributed by atoms with Crippen LogP contribution in [0.2, 0.25) is 0 Å². The summed E-state index contributed by atoms with van der Waals surface area (Å²) in [5.41, 5.74) is -0.698. The maximum absolute atomic E-state index is 12.6. The van der Waals surface area contributed by atoms with Crippen molar-refractivity contribution in [2.75, 3.05) is 11.5 Å². The standard InChI is InChI=1S/C40H78O4S/c1-3-5-7-9-11-13-15-17-19-21-23-25-27-29-31-34-40(39(43)44,37-45-36-33-38(41)42)35-32-30-28-26-24-22-20-18-16-14-12-10-8-6-4-2/h3-37H2,1-2H3,(H,41,42)(H,43,44). The molecule has 0 aliphatic carbocycles. The van der Waals surface area contributed by atoms with Crippen molar-refractivity contribution in [3.05, 3.63) is 0 Å². The van der Waals surface area contributed by atoms with E-state index in [-0.39, 0.29) is 6.42 Å². The molecule has 0 aromatic carbocycles. The van der Waals surface area contributed by atoms with Crippen LogP contribution in [0.4, 0.5) is 0 Å². The van der Waals surface area contributed by atoms with Gasteiger partial charge in [-0.05, 0) is 12.8 Å². The summed E-state index contributed by atoms with van der Waals surface area (Å²) < 4.78 is 0. The SMILES string of the molecule is CCCCCCCCCCCCCCCCCC(CCCCCCCCCCCCCCCCC)(CSCCC(=O)O)C(=O)O. The molecule has 0 aliphatic heterocycles. The normalized spacial score (nSPS) is 11.8. The first-order valence-corrected chi connectivity index (χ1v) is 21.2. The summed E-state index contributed by atoms with van der Waals surface area (Å²) in [7, 11) is 0. The molecule has 0 saturated heterocycles. The number of carboxylic acids is 2. The molecule has 0 saturated carbocycles. The first-order valence-electron chi connectivity index (χ1n) is 20.0. The maximum Gasteiger partial charge on any atom is 0.310 e. The summed E-state index contributed by atoms with van der Waals surface area (Å²) >= 11 is 1.53. The number of carboxylic acid groups (broad SMARTS) is 2. The summed E-state index contributed by atoms with van der Waals surface area (Å²) in [5.74, 6) is -0.413. The third-order valence-corrected chi connectivity index (χ3v) is 11.1. The van der Waals surface area contributed by atoms with E-state index in [1.54, 1.807) is 0 Å². The molecule has 0 atom stereocenters. The zero-order valence-corrected chi connectivity index (χ0v) is 31.2. The Balaban J connectivity index is 4.13. The third-order valence-electron chi connectivity index (χ3n) is 9.81. The van der Waals surface area contributed by atoms with Gasteiger partial charge in [-0.2, -0.15) is 11.8 Å². The van der Waals surface area contributed by atoms with Crippen LogP contribution in [0.1, 0.15) is 226 Å². The van der Waals surface area contributed by atoms with Gasteiger partial charge in [0.15, 0.2) is 0 Å². The maximum atomic E-state index is 12.6. The Morgan fingerprint density at radius 1 is 0.444 bits per heavy atom. The van der Waals surface area contributed by atoms with Gasteiger partial charge in [0.1, 0.15) is 0 Å². The van der Waals surface area contributed by atoms with Gasteiger partial charge in [-0.15, -0.1) is 0 Å². The van der Waals surface area contributed by atoms with Crippen LogP contribution in [0.25, 0.3) is 0 Å². The second-order valence-electron chi connectivity index (χ2n) is 14.2. The quantitative estimate of drug-likeness (QED) is 0.0648. The topological polar surface area (TPSA) is 74.6 Å². The molecule has 0 spiro atoms. The van der Waals surface area contributed by atoms with Crippen LogP contribution in [0, 0.1) is 5.41 Å². The fourth-order valence-electron chi connectivity index (χ4n) is 6.64. The molecule has 0 rings (SSSR count). The minimum atomic E-state index is -0.798. The Morgan fingerprint density at radius 2 is 0.711 bits per heavy atom. The van der Waals surface area contributed by atoms with Crippen molar-refractivity contribution >= 4 is 23.7 Å². The van der Waals surface area contributed by atoms with Gasteiger partial charge < -0.3 is 10.2 Å². The highest BCUT2D eigenvalue weighted by Crippen LogP contribution is 2.36. The van der Waals surface area contributed by atoms with Gasteiger partial charge in [-0.1, -0.05) is 206 Å². The highest BCUT2D eigenvalue weighted by atomic mass is 32.2. The van der Waals surface area contributed by atoms with E-state index in [1.807, 2.05) is 0 Å². The molecule has 268 valence electrons. The molecule has 0 bridgehead atoms. The number of thioether (sulfide) groups is 1. The molecule has 0 aromatic heterocycles. The van der Waals surface area contributed by atoms with Crippen LogP contribution in [0.5, 0.6) is 0 Å². The van der Waals surface area contributed by atoms with E-state index >= 15 is 0 Å².